The van der Waals surface area contributed by atoms with Crippen LogP contribution in [0.5, 0.6) is 0 Å². The van der Waals surface area contributed by atoms with Gasteiger partial charge in [0, 0.05) is 6.54 Å². The molecule has 0 aliphatic rings. The van der Waals surface area contributed by atoms with Crippen LogP contribution in [0.2, 0.25) is 0 Å². The number of rotatable bonds is 10. The summed E-state index contributed by atoms with van der Waals surface area (Å²) in [5, 5.41) is 10.1. The first-order valence-electron chi connectivity index (χ1n) is 10.6. The number of nitriles is 1. The third kappa shape index (κ3) is 5.86. The van der Waals surface area contributed by atoms with Gasteiger partial charge in [-0.05, 0) is 55.5 Å². The maximum atomic E-state index is 13.7. The molecule has 0 aliphatic carbocycles. The molecule has 0 heterocycles. The zero-order valence-corrected chi connectivity index (χ0v) is 18.0. The lowest BCUT2D eigenvalue weighted by atomic mass is 9.68. The lowest BCUT2D eigenvalue weighted by Gasteiger charge is -2.34. The van der Waals surface area contributed by atoms with E-state index in [1.165, 1.54) is 17.7 Å². The van der Waals surface area contributed by atoms with Crippen molar-refractivity contribution in [3.05, 3.63) is 71.3 Å². The van der Waals surface area contributed by atoms with Crippen molar-refractivity contribution in [1.29, 1.82) is 5.26 Å². The van der Waals surface area contributed by atoms with Crippen LogP contribution in [0.3, 0.4) is 0 Å². The van der Waals surface area contributed by atoms with E-state index in [-0.39, 0.29) is 11.5 Å². The van der Waals surface area contributed by atoms with E-state index < -0.39 is 17.2 Å². The number of hydrogen-bond acceptors (Lipinski definition) is 2. The highest BCUT2D eigenvalue weighted by molar-refractivity contribution is 5.41. The molecule has 2 aromatic rings. The minimum atomic E-state index is -4.48. The fraction of sp³-hybridized carbons (Fsp3) is 0.480. The zero-order chi connectivity index (χ0) is 22.2. The molecule has 2 rings (SSSR count). The quantitative estimate of drug-likeness (QED) is 0.425. The second-order valence-corrected chi connectivity index (χ2v) is 8.15. The molecule has 0 N–H and O–H groups in total. The predicted octanol–water partition coefficient (Wildman–Crippen LogP) is 6.82. The summed E-state index contributed by atoms with van der Waals surface area (Å²) < 4.78 is 41.0. The number of benzene rings is 2. The van der Waals surface area contributed by atoms with Gasteiger partial charge in [-0.3, -0.25) is 4.90 Å². The minimum Gasteiger partial charge on any atom is -0.299 e. The maximum Gasteiger partial charge on any atom is 0.416 e. The number of nitrogens with zero attached hydrogens (tertiary/aromatic N) is 2. The summed E-state index contributed by atoms with van der Waals surface area (Å²) in [6.07, 6.45) is -2.43. The van der Waals surface area contributed by atoms with E-state index in [0.29, 0.717) is 12.8 Å². The van der Waals surface area contributed by atoms with E-state index in [2.05, 4.69) is 30.0 Å². The van der Waals surface area contributed by atoms with E-state index in [1.54, 1.807) is 6.07 Å². The Morgan fingerprint density at radius 3 is 2.07 bits per heavy atom. The van der Waals surface area contributed by atoms with Crippen molar-refractivity contribution < 1.29 is 13.2 Å². The van der Waals surface area contributed by atoms with Crippen molar-refractivity contribution in [3.63, 3.8) is 0 Å². The third-order valence-electron chi connectivity index (χ3n) is 5.73. The first kappa shape index (κ1) is 24.0. The van der Waals surface area contributed by atoms with E-state index in [0.717, 1.165) is 32.1 Å². The molecule has 5 heteroatoms. The van der Waals surface area contributed by atoms with Gasteiger partial charge in [-0.1, -0.05) is 69.3 Å². The summed E-state index contributed by atoms with van der Waals surface area (Å²) in [6, 6.07) is 18.0. The Hall–Kier alpha value is -2.32. The van der Waals surface area contributed by atoms with Crippen molar-refractivity contribution in [3.8, 4) is 6.07 Å². The van der Waals surface area contributed by atoms with Crippen LogP contribution < -0.4 is 0 Å². The second-order valence-electron chi connectivity index (χ2n) is 8.15. The molecule has 0 saturated carbocycles. The minimum absolute atomic E-state index is 0.0973. The van der Waals surface area contributed by atoms with Gasteiger partial charge in [0.2, 0.25) is 0 Å². The van der Waals surface area contributed by atoms with Crippen LogP contribution in [0.1, 0.15) is 56.7 Å². The van der Waals surface area contributed by atoms with Crippen molar-refractivity contribution in [1.82, 2.24) is 4.90 Å². The third-order valence-corrected chi connectivity index (χ3v) is 5.73. The SMILES string of the molecule is CCCN(CCCC(C#N)(c1ccccc1C(F)(F)F)C(C)C)Cc1ccccc1. The Bertz CT molecular complexity index is 824. The number of halogens is 3. The molecule has 30 heavy (non-hydrogen) atoms. The molecule has 0 aromatic heterocycles. The molecule has 0 saturated heterocycles. The molecule has 0 spiro atoms. The molecule has 2 nitrogen and oxygen atoms in total. The van der Waals surface area contributed by atoms with Crippen molar-refractivity contribution in [2.45, 2.75) is 58.2 Å². The van der Waals surface area contributed by atoms with Crippen LogP contribution in [0.4, 0.5) is 13.2 Å². The molecule has 1 atom stereocenters. The van der Waals surface area contributed by atoms with Gasteiger partial charge in [0.25, 0.3) is 0 Å². The maximum absolute atomic E-state index is 13.7. The summed E-state index contributed by atoms with van der Waals surface area (Å²) >= 11 is 0. The smallest absolute Gasteiger partial charge is 0.299 e. The first-order chi connectivity index (χ1) is 14.2. The van der Waals surface area contributed by atoms with E-state index in [9.17, 15) is 18.4 Å². The average Bonchev–Trinajstić information content (AvgIpc) is 2.71. The van der Waals surface area contributed by atoms with Crippen LogP contribution >= 0.6 is 0 Å². The summed E-state index contributed by atoms with van der Waals surface area (Å²) in [4.78, 5) is 2.31. The Morgan fingerprint density at radius 1 is 0.933 bits per heavy atom. The van der Waals surface area contributed by atoms with Crippen LogP contribution in [-0.2, 0) is 18.1 Å². The van der Waals surface area contributed by atoms with E-state index in [1.807, 2.05) is 32.0 Å². The van der Waals surface area contributed by atoms with E-state index >= 15 is 0 Å². The monoisotopic (exact) mass is 416 g/mol. The lowest BCUT2D eigenvalue weighted by Crippen LogP contribution is -2.35. The van der Waals surface area contributed by atoms with Crippen LogP contribution in [-0.4, -0.2) is 18.0 Å². The van der Waals surface area contributed by atoms with Crippen molar-refractivity contribution in [2.24, 2.45) is 5.92 Å². The molecule has 0 radical (unpaired) electrons. The molecule has 0 bridgehead atoms. The average molecular weight is 417 g/mol. The van der Waals surface area contributed by atoms with Crippen LogP contribution in [0, 0.1) is 17.2 Å². The standard InChI is InChI=1S/C25H31F3N2/c1-4-16-30(18-21-11-6-5-7-12-21)17-10-15-24(19-29,20(2)3)22-13-8-9-14-23(22)25(26,27)28/h5-9,11-14,20H,4,10,15-18H2,1-3H3. The molecule has 2 aromatic carbocycles. The Balaban J connectivity index is 2.22. The van der Waals surface area contributed by atoms with Gasteiger partial charge in [0.1, 0.15) is 0 Å². The highest BCUT2D eigenvalue weighted by Crippen LogP contribution is 2.43. The highest BCUT2D eigenvalue weighted by Gasteiger charge is 2.43. The van der Waals surface area contributed by atoms with Gasteiger partial charge in [-0.15, -0.1) is 0 Å². The zero-order valence-electron chi connectivity index (χ0n) is 18.0. The Morgan fingerprint density at radius 2 is 1.53 bits per heavy atom. The Kier molecular flexibility index (Phi) is 8.49. The molecule has 162 valence electrons. The number of alkyl halides is 3. The molecule has 1 unspecified atom stereocenters. The van der Waals surface area contributed by atoms with Gasteiger partial charge >= 0.3 is 6.18 Å². The fourth-order valence-electron chi connectivity index (χ4n) is 4.11. The van der Waals surface area contributed by atoms with Gasteiger partial charge in [-0.2, -0.15) is 18.4 Å². The molecule has 0 amide bonds. The van der Waals surface area contributed by atoms with Gasteiger partial charge < -0.3 is 0 Å². The fourth-order valence-corrected chi connectivity index (χ4v) is 4.11. The van der Waals surface area contributed by atoms with Crippen LogP contribution in [0.25, 0.3) is 0 Å². The van der Waals surface area contributed by atoms with Crippen molar-refractivity contribution >= 4 is 0 Å². The highest BCUT2D eigenvalue weighted by atomic mass is 19.4. The van der Waals surface area contributed by atoms with Crippen molar-refractivity contribution in [2.75, 3.05) is 13.1 Å². The van der Waals surface area contributed by atoms with E-state index in [4.69, 9.17) is 0 Å². The molecule has 0 fully saturated rings. The number of hydrogen-bond donors (Lipinski definition) is 0. The summed E-state index contributed by atoms with van der Waals surface area (Å²) in [5.41, 5.74) is -0.560. The largest absolute Gasteiger partial charge is 0.416 e. The Labute approximate surface area is 178 Å². The predicted molar refractivity (Wildman–Crippen MR) is 115 cm³/mol. The first-order valence-corrected chi connectivity index (χ1v) is 10.6. The lowest BCUT2D eigenvalue weighted by molar-refractivity contribution is -0.138. The summed E-state index contributed by atoms with van der Waals surface area (Å²) in [7, 11) is 0. The van der Waals surface area contributed by atoms with Crippen LogP contribution in [0.15, 0.2) is 54.6 Å². The van der Waals surface area contributed by atoms with Gasteiger partial charge in [0.05, 0.1) is 17.0 Å². The normalized spacial score (nSPS) is 14.0. The summed E-state index contributed by atoms with van der Waals surface area (Å²) in [6.45, 7) is 8.25. The summed E-state index contributed by atoms with van der Waals surface area (Å²) in [5.74, 6) is -0.236. The molecule has 0 aliphatic heterocycles. The van der Waals surface area contributed by atoms with Gasteiger partial charge in [-0.25, -0.2) is 0 Å². The molecular weight excluding hydrogens is 385 g/mol. The van der Waals surface area contributed by atoms with Gasteiger partial charge in [0.15, 0.2) is 0 Å². The second kappa shape index (κ2) is 10.6. The topological polar surface area (TPSA) is 27.0 Å². The molecular formula is C25H31F3N2.